The number of benzene rings is 1. The van der Waals surface area contributed by atoms with Gasteiger partial charge in [-0.05, 0) is 19.4 Å². The third kappa shape index (κ3) is 3.75. The van der Waals surface area contributed by atoms with E-state index < -0.39 is 0 Å². The number of carbonyl (C=O) groups is 1. The average Bonchev–Trinajstić information content (AvgIpc) is 3.01. The summed E-state index contributed by atoms with van der Waals surface area (Å²) in [6.45, 7) is 3.72. The van der Waals surface area contributed by atoms with Gasteiger partial charge in [-0.25, -0.2) is 9.97 Å². The lowest BCUT2D eigenvalue weighted by Gasteiger charge is -2.14. The molecular formula is C17H17N5O2. The third-order valence-corrected chi connectivity index (χ3v) is 3.43. The summed E-state index contributed by atoms with van der Waals surface area (Å²) in [7, 11) is 0. The van der Waals surface area contributed by atoms with Gasteiger partial charge in [-0.3, -0.25) is 4.79 Å². The Hall–Kier alpha value is -3.22. The van der Waals surface area contributed by atoms with Crippen LogP contribution in [0.1, 0.15) is 34.6 Å². The SMILES string of the molecule is Cc1cc(Nc2ncc(C(=O)NC(C)c3ccccc3)cn2)no1. The van der Waals surface area contributed by atoms with Crippen molar-refractivity contribution in [2.45, 2.75) is 19.9 Å². The van der Waals surface area contributed by atoms with Crippen molar-refractivity contribution in [2.24, 2.45) is 0 Å². The van der Waals surface area contributed by atoms with Crippen LogP contribution in [-0.2, 0) is 0 Å². The fourth-order valence-corrected chi connectivity index (χ4v) is 2.15. The van der Waals surface area contributed by atoms with Gasteiger partial charge < -0.3 is 15.2 Å². The maximum atomic E-state index is 12.3. The molecule has 0 aliphatic carbocycles. The first kappa shape index (κ1) is 15.7. The second-order valence-electron chi connectivity index (χ2n) is 5.35. The lowest BCUT2D eigenvalue weighted by atomic mass is 10.1. The van der Waals surface area contributed by atoms with Gasteiger partial charge in [0.2, 0.25) is 5.95 Å². The molecule has 0 aliphatic rings. The lowest BCUT2D eigenvalue weighted by Crippen LogP contribution is -2.26. The van der Waals surface area contributed by atoms with Crippen molar-refractivity contribution in [3.05, 3.63) is 65.7 Å². The Morgan fingerprint density at radius 1 is 1.17 bits per heavy atom. The van der Waals surface area contributed by atoms with Gasteiger partial charge in [0.15, 0.2) is 5.82 Å². The van der Waals surface area contributed by atoms with Gasteiger partial charge >= 0.3 is 0 Å². The highest BCUT2D eigenvalue weighted by molar-refractivity contribution is 5.93. The second-order valence-corrected chi connectivity index (χ2v) is 5.35. The van der Waals surface area contributed by atoms with Gasteiger partial charge in [0.25, 0.3) is 5.91 Å². The molecule has 122 valence electrons. The smallest absolute Gasteiger partial charge is 0.254 e. The first-order chi connectivity index (χ1) is 11.6. The molecule has 0 saturated carbocycles. The third-order valence-electron chi connectivity index (χ3n) is 3.43. The van der Waals surface area contributed by atoms with E-state index in [1.807, 2.05) is 37.3 Å². The van der Waals surface area contributed by atoms with Gasteiger partial charge in [0.1, 0.15) is 5.76 Å². The van der Waals surface area contributed by atoms with Crippen molar-refractivity contribution >= 4 is 17.7 Å². The van der Waals surface area contributed by atoms with Crippen molar-refractivity contribution in [1.29, 1.82) is 0 Å². The number of nitrogens with one attached hydrogen (secondary N) is 2. The van der Waals surface area contributed by atoms with Crippen LogP contribution in [0.4, 0.5) is 11.8 Å². The number of amides is 1. The van der Waals surface area contributed by atoms with Gasteiger partial charge in [0.05, 0.1) is 11.6 Å². The molecular weight excluding hydrogens is 306 g/mol. The van der Waals surface area contributed by atoms with E-state index in [9.17, 15) is 4.79 Å². The zero-order chi connectivity index (χ0) is 16.9. The second kappa shape index (κ2) is 6.91. The Bertz CT molecular complexity index is 815. The molecule has 2 N–H and O–H groups in total. The average molecular weight is 323 g/mol. The quantitative estimate of drug-likeness (QED) is 0.750. The molecule has 0 saturated heterocycles. The molecule has 2 aromatic heterocycles. The highest BCUT2D eigenvalue weighted by Crippen LogP contribution is 2.14. The van der Waals surface area contributed by atoms with Gasteiger partial charge in [-0.15, -0.1) is 0 Å². The van der Waals surface area contributed by atoms with E-state index >= 15 is 0 Å². The first-order valence-corrected chi connectivity index (χ1v) is 7.50. The molecule has 0 aliphatic heterocycles. The summed E-state index contributed by atoms with van der Waals surface area (Å²) in [5.74, 6) is 1.32. The minimum absolute atomic E-state index is 0.102. The van der Waals surface area contributed by atoms with Gasteiger partial charge in [-0.2, -0.15) is 0 Å². The predicted octanol–water partition coefficient (Wildman–Crippen LogP) is 3.01. The molecule has 1 unspecified atom stereocenters. The summed E-state index contributed by atoms with van der Waals surface area (Å²) in [4.78, 5) is 20.5. The highest BCUT2D eigenvalue weighted by atomic mass is 16.5. The van der Waals surface area contributed by atoms with Crippen molar-refractivity contribution in [2.75, 3.05) is 5.32 Å². The molecule has 0 fully saturated rings. The maximum absolute atomic E-state index is 12.3. The normalized spacial score (nSPS) is 11.8. The zero-order valence-electron chi connectivity index (χ0n) is 13.4. The number of anilines is 2. The summed E-state index contributed by atoms with van der Waals surface area (Å²) in [6, 6.07) is 11.4. The van der Waals surface area contributed by atoms with E-state index in [1.165, 1.54) is 12.4 Å². The largest absolute Gasteiger partial charge is 0.360 e. The van der Waals surface area contributed by atoms with E-state index in [4.69, 9.17) is 4.52 Å². The molecule has 1 aromatic carbocycles. The Kier molecular flexibility index (Phi) is 4.51. The van der Waals surface area contributed by atoms with E-state index in [2.05, 4.69) is 25.8 Å². The fourth-order valence-electron chi connectivity index (χ4n) is 2.15. The molecule has 0 spiro atoms. The topological polar surface area (TPSA) is 92.9 Å². The summed E-state index contributed by atoms with van der Waals surface area (Å²) in [5, 5.41) is 9.61. The molecule has 3 aromatic rings. The molecule has 24 heavy (non-hydrogen) atoms. The number of aromatic nitrogens is 3. The minimum Gasteiger partial charge on any atom is -0.360 e. The van der Waals surface area contributed by atoms with E-state index in [0.29, 0.717) is 23.1 Å². The van der Waals surface area contributed by atoms with Crippen molar-refractivity contribution in [3.63, 3.8) is 0 Å². The molecule has 2 heterocycles. The predicted molar refractivity (Wildman–Crippen MR) is 88.9 cm³/mol. The Morgan fingerprint density at radius 3 is 2.50 bits per heavy atom. The van der Waals surface area contributed by atoms with Crippen molar-refractivity contribution < 1.29 is 9.32 Å². The monoisotopic (exact) mass is 323 g/mol. The number of aryl methyl sites for hydroxylation is 1. The molecule has 1 atom stereocenters. The van der Waals surface area contributed by atoms with Gasteiger partial charge in [0, 0.05) is 18.5 Å². The standard InChI is InChI=1S/C17H17N5O2/c1-11-8-15(22-24-11)21-17-18-9-14(10-19-17)16(23)20-12(2)13-6-4-3-5-7-13/h3-10,12H,1-2H3,(H,20,23)(H,18,19,21,22). The van der Waals surface area contributed by atoms with Gasteiger partial charge in [-0.1, -0.05) is 35.5 Å². The van der Waals surface area contributed by atoms with Crippen LogP contribution in [0.3, 0.4) is 0 Å². The summed E-state index contributed by atoms with van der Waals surface area (Å²) >= 11 is 0. The van der Waals surface area contributed by atoms with Crippen LogP contribution >= 0.6 is 0 Å². The summed E-state index contributed by atoms with van der Waals surface area (Å²) in [6.07, 6.45) is 2.94. The van der Waals surface area contributed by atoms with Crippen LogP contribution in [0.25, 0.3) is 0 Å². The lowest BCUT2D eigenvalue weighted by molar-refractivity contribution is 0.0939. The molecule has 0 radical (unpaired) electrons. The summed E-state index contributed by atoms with van der Waals surface area (Å²) < 4.78 is 4.95. The van der Waals surface area contributed by atoms with E-state index in [0.717, 1.165) is 5.56 Å². The van der Waals surface area contributed by atoms with Crippen LogP contribution in [0, 0.1) is 6.92 Å². The van der Waals surface area contributed by atoms with Crippen LogP contribution in [0.2, 0.25) is 0 Å². The van der Waals surface area contributed by atoms with E-state index in [1.54, 1.807) is 13.0 Å². The Balaban J connectivity index is 1.63. The van der Waals surface area contributed by atoms with E-state index in [-0.39, 0.29) is 11.9 Å². The number of nitrogens with zero attached hydrogens (tertiary/aromatic N) is 3. The zero-order valence-corrected chi connectivity index (χ0v) is 13.4. The van der Waals surface area contributed by atoms with Crippen LogP contribution in [0.5, 0.6) is 0 Å². The maximum Gasteiger partial charge on any atom is 0.254 e. The van der Waals surface area contributed by atoms with Crippen molar-refractivity contribution in [1.82, 2.24) is 20.4 Å². The van der Waals surface area contributed by atoms with Crippen LogP contribution < -0.4 is 10.6 Å². The number of hydrogen-bond acceptors (Lipinski definition) is 6. The Labute approximate surface area is 139 Å². The minimum atomic E-state index is -0.227. The number of carbonyl (C=O) groups excluding carboxylic acids is 1. The molecule has 0 bridgehead atoms. The molecule has 7 heteroatoms. The fraction of sp³-hybridized carbons (Fsp3) is 0.176. The molecule has 7 nitrogen and oxygen atoms in total. The Morgan fingerprint density at radius 2 is 1.88 bits per heavy atom. The molecule has 1 amide bonds. The number of rotatable bonds is 5. The summed E-state index contributed by atoms with van der Waals surface area (Å²) in [5.41, 5.74) is 1.42. The highest BCUT2D eigenvalue weighted by Gasteiger charge is 2.12. The molecule has 3 rings (SSSR count). The number of hydrogen-bond donors (Lipinski definition) is 2. The van der Waals surface area contributed by atoms with Crippen LogP contribution in [-0.4, -0.2) is 21.0 Å². The van der Waals surface area contributed by atoms with Crippen molar-refractivity contribution in [3.8, 4) is 0 Å². The van der Waals surface area contributed by atoms with Crippen LogP contribution in [0.15, 0.2) is 53.3 Å². The first-order valence-electron chi connectivity index (χ1n) is 7.50.